The molecule has 2 rings (SSSR count). The first-order chi connectivity index (χ1) is 8.42. The zero-order chi connectivity index (χ0) is 13.3. The normalized spacial score (nSPS) is 24.3. The maximum atomic E-state index is 12.2. The highest BCUT2D eigenvalue weighted by molar-refractivity contribution is 7.89. The average molecular weight is 289 g/mol. The fourth-order valence-corrected chi connectivity index (χ4v) is 4.89. The topological polar surface area (TPSA) is 83.5 Å². The molecule has 1 aromatic heterocycles. The van der Waals surface area contributed by atoms with Gasteiger partial charge in [-0.2, -0.15) is 0 Å². The van der Waals surface area contributed by atoms with Crippen molar-refractivity contribution in [1.29, 1.82) is 0 Å². The zero-order valence-corrected chi connectivity index (χ0v) is 11.6. The second kappa shape index (κ2) is 4.99. The first-order valence-electron chi connectivity index (χ1n) is 5.75. The monoisotopic (exact) mass is 289 g/mol. The van der Waals surface area contributed by atoms with Crippen molar-refractivity contribution in [2.75, 3.05) is 0 Å². The molecule has 7 heteroatoms. The summed E-state index contributed by atoms with van der Waals surface area (Å²) < 4.78 is 26.9. The minimum Gasteiger partial charge on any atom is -0.477 e. The van der Waals surface area contributed by atoms with E-state index in [0.29, 0.717) is 5.92 Å². The molecule has 18 heavy (non-hydrogen) atoms. The quantitative estimate of drug-likeness (QED) is 0.887. The lowest BCUT2D eigenvalue weighted by molar-refractivity contribution is 0.0698. The Morgan fingerprint density at radius 3 is 2.78 bits per heavy atom. The van der Waals surface area contributed by atoms with Crippen LogP contribution in [0.4, 0.5) is 0 Å². The molecule has 0 bridgehead atoms. The van der Waals surface area contributed by atoms with Gasteiger partial charge in [-0.3, -0.25) is 0 Å². The number of carboxylic acids is 1. The maximum absolute atomic E-state index is 12.2. The summed E-state index contributed by atoms with van der Waals surface area (Å²) in [4.78, 5) is 10.7. The molecule has 2 unspecified atom stereocenters. The van der Waals surface area contributed by atoms with E-state index in [1.807, 2.05) is 6.92 Å². The Morgan fingerprint density at radius 2 is 2.22 bits per heavy atom. The number of hydrogen-bond donors (Lipinski definition) is 2. The summed E-state index contributed by atoms with van der Waals surface area (Å²) in [6, 6.07) is 1.26. The predicted molar refractivity (Wildman–Crippen MR) is 68.4 cm³/mol. The van der Waals surface area contributed by atoms with Crippen LogP contribution in [-0.4, -0.2) is 25.5 Å². The lowest BCUT2D eigenvalue weighted by Crippen LogP contribution is -2.36. The Labute approximate surface area is 110 Å². The molecule has 1 fully saturated rings. The van der Waals surface area contributed by atoms with Gasteiger partial charge in [0.05, 0.1) is 0 Å². The molecule has 1 aromatic rings. The Hall–Kier alpha value is -0.920. The number of thiophene rings is 1. The van der Waals surface area contributed by atoms with Gasteiger partial charge in [-0.05, 0) is 30.2 Å². The van der Waals surface area contributed by atoms with Crippen molar-refractivity contribution in [3.63, 3.8) is 0 Å². The van der Waals surface area contributed by atoms with Gasteiger partial charge in [-0.1, -0.05) is 13.3 Å². The number of hydrogen-bond acceptors (Lipinski definition) is 4. The van der Waals surface area contributed by atoms with Gasteiger partial charge in [0, 0.05) is 6.04 Å². The van der Waals surface area contributed by atoms with Gasteiger partial charge in [0.15, 0.2) is 0 Å². The van der Waals surface area contributed by atoms with Crippen LogP contribution < -0.4 is 4.72 Å². The molecule has 2 atom stereocenters. The molecular formula is C11H15NO4S2. The molecule has 1 aliphatic carbocycles. The third kappa shape index (κ3) is 2.57. The molecule has 1 saturated carbocycles. The second-order valence-corrected chi connectivity index (χ2v) is 7.15. The van der Waals surface area contributed by atoms with Crippen LogP contribution in [0.3, 0.4) is 0 Å². The third-order valence-corrected chi connectivity index (χ3v) is 5.84. The zero-order valence-electron chi connectivity index (χ0n) is 9.92. The highest BCUT2D eigenvalue weighted by Crippen LogP contribution is 2.28. The summed E-state index contributed by atoms with van der Waals surface area (Å²) in [5.74, 6) is -0.906. The molecule has 0 saturated heterocycles. The van der Waals surface area contributed by atoms with Gasteiger partial charge < -0.3 is 5.11 Å². The van der Waals surface area contributed by atoms with E-state index >= 15 is 0 Å². The minimum absolute atomic E-state index is 0.0865. The Balaban J connectivity index is 2.25. The Kier molecular flexibility index (Phi) is 3.74. The van der Waals surface area contributed by atoms with Crippen molar-refractivity contribution in [3.05, 3.63) is 16.3 Å². The van der Waals surface area contributed by atoms with Crippen molar-refractivity contribution in [2.24, 2.45) is 5.92 Å². The summed E-state index contributed by atoms with van der Waals surface area (Å²) in [6.45, 7) is 2.01. The molecule has 5 nitrogen and oxygen atoms in total. The van der Waals surface area contributed by atoms with Crippen LogP contribution in [0.15, 0.2) is 16.3 Å². The Bertz CT molecular complexity index is 549. The number of nitrogens with one attached hydrogen (secondary N) is 1. The second-order valence-electron chi connectivity index (χ2n) is 4.56. The van der Waals surface area contributed by atoms with Crippen LogP contribution in [0.25, 0.3) is 0 Å². The molecule has 0 amide bonds. The van der Waals surface area contributed by atoms with Crippen LogP contribution in [0.5, 0.6) is 0 Å². The molecule has 1 aliphatic rings. The fraction of sp³-hybridized carbons (Fsp3) is 0.545. The van der Waals surface area contributed by atoms with E-state index in [1.165, 1.54) is 11.4 Å². The third-order valence-electron chi connectivity index (χ3n) is 3.28. The van der Waals surface area contributed by atoms with Crippen molar-refractivity contribution in [3.8, 4) is 0 Å². The van der Waals surface area contributed by atoms with Crippen LogP contribution in [0, 0.1) is 5.92 Å². The summed E-state index contributed by atoms with van der Waals surface area (Å²) in [6.07, 6.45) is 2.82. The van der Waals surface area contributed by atoms with E-state index < -0.39 is 16.0 Å². The SMILES string of the molecule is CC1CCCC1NS(=O)(=O)c1ccsc1C(=O)O. The van der Waals surface area contributed by atoms with E-state index in [-0.39, 0.29) is 15.8 Å². The van der Waals surface area contributed by atoms with Crippen molar-refractivity contribution in [1.82, 2.24) is 4.72 Å². The van der Waals surface area contributed by atoms with Crippen LogP contribution in [0.1, 0.15) is 35.9 Å². The van der Waals surface area contributed by atoms with Gasteiger partial charge in [0.1, 0.15) is 9.77 Å². The highest BCUT2D eigenvalue weighted by Gasteiger charge is 2.31. The van der Waals surface area contributed by atoms with Crippen molar-refractivity contribution in [2.45, 2.75) is 37.1 Å². The summed E-state index contributed by atoms with van der Waals surface area (Å²) in [5, 5.41) is 10.4. The predicted octanol–water partition coefficient (Wildman–Crippen LogP) is 1.91. The van der Waals surface area contributed by atoms with E-state index in [1.54, 1.807) is 0 Å². The average Bonchev–Trinajstić information content (AvgIpc) is 2.88. The van der Waals surface area contributed by atoms with Gasteiger partial charge in [-0.25, -0.2) is 17.9 Å². The summed E-state index contributed by atoms with van der Waals surface area (Å²) in [5.41, 5.74) is 0. The lowest BCUT2D eigenvalue weighted by atomic mass is 10.1. The van der Waals surface area contributed by atoms with Crippen molar-refractivity contribution >= 4 is 27.3 Å². The number of sulfonamides is 1. The van der Waals surface area contributed by atoms with Crippen LogP contribution in [-0.2, 0) is 10.0 Å². The largest absolute Gasteiger partial charge is 0.477 e. The minimum atomic E-state index is -3.73. The lowest BCUT2D eigenvalue weighted by Gasteiger charge is -2.17. The van der Waals surface area contributed by atoms with Gasteiger partial charge in [0.2, 0.25) is 10.0 Å². The number of carboxylic acid groups (broad SMARTS) is 1. The van der Waals surface area contributed by atoms with Gasteiger partial charge >= 0.3 is 5.97 Å². The number of carbonyl (C=O) groups is 1. The standard InChI is InChI=1S/C11H15NO4S2/c1-7-3-2-4-8(7)12-18(15,16)9-5-6-17-10(9)11(13)14/h5-8,12H,2-4H2,1H3,(H,13,14). The number of rotatable bonds is 4. The summed E-state index contributed by atoms with van der Waals surface area (Å²) in [7, 11) is -3.73. The van der Waals surface area contributed by atoms with E-state index in [4.69, 9.17) is 5.11 Å². The maximum Gasteiger partial charge on any atom is 0.347 e. The molecule has 0 aliphatic heterocycles. The van der Waals surface area contributed by atoms with E-state index in [9.17, 15) is 13.2 Å². The van der Waals surface area contributed by atoms with Crippen LogP contribution >= 0.6 is 11.3 Å². The summed E-state index contributed by atoms with van der Waals surface area (Å²) >= 11 is 0.925. The molecule has 0 radical (unpaired) electrons. The molecular weight excluding hydrogens is 274 g/mol. The molecule has 1 heterocycles. The Morgan fingerprint density at radius 1 is 1.50 bits per heavy atom. The fourth-order valence-electron chi connectivity index (χ4n) is 2.25. The molecule has 2 N–H and O–H groups in total. The van der Waals surface area contributed by atoms with Gasteiger partial charge in [-0.15, -0.1) is 11.3 Å². The molecule has 0 spiro atoms. The highest BCUT2D eigenvalue weighted by atomic mass is 32.2. The number of aromatic carboxylic acids is 1. The van der Waals surface area contributed by atoms with Gasteiger partial charge in [0.25, 0.3) is 0 Å². The van der Waals surface area contributed by atoms with E-state index in [0.717, 1.165) is 30.6 Å². The smallest absolute Gasteiger partial charge is 0.347 e. The van der Waals surface area contributed by atoms with E-state index in [2.05, 4.69) is 4.72 Å². The molecule has 0 aromatic carbocycles. The first-order valence-corrected chi connectivity index (χ1v) is 8.11. The van der Waals surface area contributed by atoms with Crippen molar-refractivity contribution < 1.29 is 18.3 Å². The van der Waals surface area contributed by atoms with Crippen LogP contribution in [0.2, 0.25) is 0 Å². The molecule has 100 valence electrons. The first kappa shape index (κ1) is 13.5.